The van der Waals surface area contributed by atoms with Crippen molar-refractivity contribution in [3.05, 3.63) is 0 Å². The summed E-state index contributed by atoms with van der Waals surface area (Å²) in [4.78, 5) is 24.3. The average Bonchev–Trinajstić information content (AvgIpc) is 2.38. The maximum Gasteiger partial charge on any atom is 0.308 e. The Balaban J connectivity index is 2.61. The van der Waals surface area contributed by atoms with Crippen LogP contribution in [-0.2, 0) is 19.6 Å². The van der Waals surface area contributed by atoms with Gasteiger partial charge in [-0.15, -0.1) is 0 Å². The summed E-state index contributed by atoms with van der Waals surface area (Å²) in [5.41, 5.74) is 0. The highest BCUT2D eigenvalue weighted by molar-refractivity contribution is 7.89. The smallest absolute Gasteiger partial charge is 0.308 e. The Kier molecular flexibility index (Phi) is 5.30. The first-order valence-corrected chi connectivity index (χ1v) is 7.83. The van der Waals surface area contributed by atoms with Crippen molar-refractivity contribution < 1.29 is 23.1 Å². The minimum absolute atomic E-state index is 0.0610. The third kappa shape index (κ3) is 4.17. The molecular weight excluding hydrogens is 272 g/mol. The number of carboxylic acid groups (broad SMARTS) is 1. The lowest BCUT2D eigenvalue weighted by Crippen LogP contribution is -2.47. The Morgan fingerprint density at radius 1 is 1.42 bits per heavy atom. The van der Waals surface area contributed by atoms with Crippen molar-refractivity contribution in [1.29, 1.82) is 0 Å². The molecule has 1 fully saturated rings. The third-order valence-electron chi connectivity index (χ3n) is 3.32. The van der Waals surface area contributed by atoms with Gasteiger partial charge in [0, 0.05) is 20.1 Å². The largest absolute Gasteiger partial charge is 0.481 e. The van der Waals surface area contributed by atoms with E-state index in [0.717, 1.165) is 4.31 Å². The van der Waals surface area contributed by atoms with Gasteiger partial charge in [-0.05, 0) is 19.8 Å². The highest BCUT2D eigenvalue weighted by Crippen LogP contribution is 2.17. The number of amides is 1. The van der Waals surface area contributed by atoms with Gasteiger partial charge in [-0.25, -0.2) is 8.42 Å². The van der Waals surface area contributed by atoms with E-state index in [1.54, 1.807) is 0 Å². The number of piperidine rings is 1. The molecule has 0 radical (unpaired) electrons. The minimum atomic E-state index is -3.39. The Hall–Kier alpha value is -1.15. The van der Waals surface area contributed by atoms with Crippen molar-refractivity contribution in [3.63, 3.8) is 0 Å². The molecule has 0 aromatic heterocycles. The molecule has 0 aromatic rings. The second-order valence-electron chi connectivity index (χ2n) is 4.67. The van der Waals surface area contributed by atoms with E-state index >= 15 is 0 Å². The standard InChI is InChI=1S/C11H20N2O5S/c1-3-19(17,18)12(2)8-10(14)13-6-4-5-9(7-13)11(15)16/h9H,3-8H2,1-2H3,(H,15,16)/t9-/m0/s1. The number of hydrogen-bond donors (Lipinski definition) is 1. The highest BCUT2D eigenvalue weighted by Gasteiger charge is 2.29. The molecule has 0 aromatic carbocycles. The quantitative estimate of drug-likeness (QED) is 0.743. The molecule has 7 nitrogen and oxygen atoms in total. The van der Waals surface area contributed by atoms with Gasteiger partial charge in [0.05, 0.1) is 18.2 Å². The summed E-state index contributed by atoms with van der Waals surface area (Å²) >= 11 is 0. The van der Waals surface area contributed by atoms with Gasteiger partial charge in [0.25, 0.3) is 0 Å². The molecule has 0 bridgehead atoms. The number of carboxylic acids is 1. The molecule has 1 heterocycles. The van der Waals surface area contributed by atoms with Crippen LogP contribution >= 0.6 is 0 Å². The van der Waals surface area contributed by atoms with Crippen molar-refractivity contribution in [1.82, 2.24) is 9.21 Å². The molecule has 0 unspecified atom stereocenters. The van der Waals surface area contributed by atoms with Crippen LogP contribution in [0, 0.1) is 5.92 Å². The number of carbonyl (C=O) groups is 2. The lowest BCUT2D eigenvalue weighted by Gasteiger charge is -2.31. The van der Waals surface area contributed by atoms with Crippen LogP contribution in [0.1, 0.15) is 19.8 Å². The van der Waals surface area contributed by atoms with Gasteiger partial charge in [-0.2, -0.15) is 4.31 Å². The van der Waals surface area contributed by atoms with E-state index in [4.69, 9.17) is 5.11 Å². The molecule has 8 heteroatoms. The number of hydrogen-bond acceptors (Lipinski definition) is 4. The molecule has 110 valence electrons. The van der Waals surface area contributed by atoms with Crippen molar-refractivity contribution in [2.75, 3.05) is 32.4 Å². The average molecular weight is 292 g/mol. The van der Waals surface area contributed by atoms with Crippen LogP contribution < -0.4 is 0 Å². The van der Waals surface area contributed by atoms with Gasteiger partial charge in [-0.1, -0.05) is 0 Å². The number of likely N-dealkylation sites (N-methyl/N-ethyl adjacent to an activating group) is 1. The molecule has 19 heavy (non-hydrogen) atoms. The Labute approximate surface area is 113 Å². The van der Waals surface area contributed by atoms with E-state index in [0.29, 0.717) is 19.4 Å². The summed E-state index contributed by atoms with van der Waals surface area (Å²) in [5, 5.41) is 8.94. The maximum absolute atomic E-state index is 12.0. The molecule has 1 atom stereocenters. The van der Waals surface area contributed by atoms with Crippen LogP contribution in [0.15, 0.2) is 0 Å². The van der Waals surface area contributed by atoms with Gasteiger partial charge < -0.3 is 10.0 Å². The molecule has 1 aliphatic heterocycles. The number of aliphatic carboxylic acids is 1. The molecule has 1 amide bonds. The number of nitrogens with zero attached hydrogens (tertiary/aromatic N) is 2. The predicted octanol–water partition coefficient (Wildman–Crippen LogP) is -0.409. The Morgan fingerprint density at radius 3 is 2.58 bits per heavy atom. The van der Waals surface area contributed by atoms with Gasteiger partial charge >= 0.3 is 5.97 Å². The molecule has 1 aliphatic rings. The van der Waals surface area contributed by atoms with Gasteiger partial charge in [-0.3, -0.25) is 9.59 Å². The number of carbonyl (C=O) groups excluding carboxylic acids is 1. The van der Waals surface area contributed by atoms with Crippen LogP contribution in [0.4, 0.5) is 0 Å². The van der Waals surface area contributed by atoms with E-state index in [9.17, 15) is 18.0 Å². The van der Waals surface area contributed by atoms with E-state index in [1.807, 2.05) is 0 Å². The number of likely N-dealkylation sites (tertiary alicyclic amines) is 1. The van der Waals surface area contributed by atoms with Crippen LogP contribution in [0.5, 0.6) is 0 Å². The fourth-order valence-electron chi connectivity index (χ4n) is 2.01. The molecule has 0 aliphatic carbocycles. The first-order chi connectivity index (χ1) is 8.77. The molecule has 0 spiro atoms. The number of sulfonamides is 1. The van der Waals surface area contributed by atoms with Crippen LogP contribution in [0.2, 0.25) is 0 Å². The topological polar surface area (TPSA) is 95.0 Å². The lowest BCUT2D eigenvalue weighted by molar-refractivity contribution is -0.145. The summed E-state index contributed by atoms with van der Waals surface area (Å²) in [6.07, 6.45) is 1.19. The molecular formula is C11H20N2O5S. The normalized spacial score (nSPS) is 20.6. The van der Waals surface area contributed by atoms with Crippen molar-refractivity contribution in [3.8, 4) is 0 Å². The van der Waals surface area contributed by atoms with Gasteiger partial charge in [0.1, 0.15) is 0 Å². The minimum Gasteiger partial charge on any atom is -0.481 e. The second-order valence-corrected chi connectivity index (χ2v) is 7.04. The van der Waals surface area contributed by atoms with Crippen molar-refractivity contribution in [2.24, 2.45) is 5.92 Å². The van der Waals surface area contributed by atoms with E-state index in [2.05, 4.69) is 0 Å². The maximum atomic E-state index is 12.0. The highest BCUT2D eigenvalue weighted by atomic mass is 32.2. The fourth-order valence-corrected chi connectivity index (χ4v) is 2.76. The fraction of sp³-hybridized carbons (Fsp3) is 0.818. The zero-order valence-electron chi connectivity index (χ0n) is 11.2. The third-order valence-corrected chi connectivity index (χ3v) is 5.13. The second kappa shape index (κ2) is 6.33. The number of rotatable bonds is 5. The van der Waals surface area contributed by atoms with E-state index in [-0.39, 0.29) is 24.7 Å². The first-order valence-electron chi connectivity index (χ1n) is 6.22. The molecule has 1 rings (SSSR count). The Bertz CT molecular complexity index is 448. The van der Waals surface area contributed by atoms with E-state index < -0.39 is 21.9 Å². The van der Waals surface area contributed by atoms with Crippen LogP contribution in [0.3, 0.4) is 0 Å². The van der Waals surface area contributed by atoms with Gasteiger partial charge in [0.15, 0.2) is 0 Å². The van der Waals surface area contributed by atoms with Crippen molar-refractivity contribution in [2.45, 2.75) is 19.8 Å². The zero-order chi connectivity index (χ0) is 14.6. The molecule has 0 saturated carbocycles. The van der Waals surface area contributed by atoms with E-state index in [1.165, 1.54) is 18.9 Å². The lowest BCUT2D eigenvalue weighted by atomic mass is 9.98. The monoisotopic (exact) mass is 292 g/mol. The summed E-state index contributed by atoms with van der Waals surface area (Å²) < 4.78 is 24.1. The summed E-state index contributed by atoms with van der Waals surface area (Å²) in [6, 6.07) is 0. The first kappa shape index (κ1) is 15.9. The van der Waals surface area contributed by atoms with Crippen molar-refractivity contribution >= 4 is 21.9 Å². The van der Waals surface area contributed by atoms with Crippen LogP contribution in [-0.4, -0.2) is 67.0 Å². The summed E-state index contributed by atoms with van der Waals surface area (Å²) in [6.45, 7) is 1.93. The SMILES string of the molecule is CCS(=O)(=O)N(C)CC(=O)N1CCC[C@H](C(=O)O)C1. The zero-order valence-corrected chi connectivity index (χ0v) is 12.0. The summed E-state index contributed by atoms with van der Waals surface area (Å²) in [7, 11) is -2.04. The Morgan fingerprint density at radius 2 is 2.05 bits per heavy atom. The molecule has 1 N–H and O–H groups in total. The predicted molar refractivity (Wildman–Crippen MR) is 69.0 cm³/mol. The molecule has 1 saturated heterocycles. The van der Waals surface area contributed by atoms with Gasteiger partial charge in [0.2, 0.25) is 15.9 Å². The summed E-state index contributed by atoms with van der Waals surface area (Å²) in [5.74, 6) is -1.86. The van der Waals surface area contributed by atoms with Crippen LogP contribution in [0.25, 0.3) is 0 Å².